The minimum Gasteiger partial charge on any atom is -0.493 e. The Labute approximate surface area is 247 Å². The molecule has 1 aliphatic rings. The van der Waals surface area contributed by atoms with Gasteiger partial charge in [-0.05, 0) is 6.42 Å². The molecule has 0 unspecified atom stereocenters. The average Bonchev–Trinajstić information content (AvgIpc) is 3.41. The first-order valence-electron chi connectivity index (χ1n) is 12.3. The van der Waals surface area contributed by atoms with Crippen LogP contribution in [-0.4, -0.2) is 72.4 Å². The van der Waals surface area contributed by atoms with Crippen LogP contribution in [0.3, 0.4) is 0 Å². The molecule has 0 amide bonds. The predicted molar refractivity (Wildman–Crippen MR) is 158 cm³/mol. The number of nitrogens with zero attached hydrogens (tertiary/aromatic N) is 2. The van der Waals surface area contributed by atoms with Gasteiger partial charge in [0, 0.05) is 36.1 Å². The van der Waals surface area contributed by atoms with Gasteiger partial charge in [0.2, 0.25) is 5.52 Å². The van der Waals surface area contributed by atoms with E-state index < -0.39 is 31.7 Å². The molecular weight excluding hydrogens is 617 g/mol. The fraction of sp³-hybridized carbons (Fsp3) is 0.400. The van der Waals surface area contributed by atoms with E-state index in [1.54, 1.807) is 14.2 Å². The number of hydrogen-bond acceptors (Lipinski definition) is 11. The molecule has 0 radical (unpaired) electrons. The highest BCUT2D eigenvalue weighted by molar-refractivity contribution is 8.04. The van der Waals surface area contributed by atoms with Gasteiger partial charge in [0.25, 0.3) is 25.2 Å². The SMILES string of the molecule is COc1cc2c(cc1OC)N(CCCS(=O)(=O)O)/C(=C/c1sc3cc(OC)c(OC)cc3[n+]1CCCS(=O)(=O)O)S2. The molecule has 224 valence electrons. The Morgan fingerprint density at radius 2 is 1.39 bits per heavy atom. The summed E-state index contributed by atoms with van der Waals surface area (Å²) in [5.74, 6) is 1.30. The highest BCUT2D eigenvalue weighted by Gasteiger charge is 2.30. The number of aromatic nitrogens is 1. The standard InChI is InChI=1S/C25H30N2O10S4/c1-34-18-11-16-22(13-20(18)36-3)38-24(26(16)7-5-9-40(28,29)30)15-25-27(8-6-10-41(31,32)33)17-12-19(35-2)21(37-4)14-23(17)39-25/h11-15H,5-10H2,1-4H3,(H-,28,29,30,31,32,33)/p+1. The third kappa shape index (κ3) is 7.37. The van der Waals surface area contributed by atoms with Crippen LogP contribution >= 0.6 is 23.1 Å². The minimum atomic E-state index is -4.15. The molecule has 41 heavy (non-hydrogen) atoms. The maximum atomic E-state index is 11.4. The number of anilines is 1. The summed E-state index contributed by atoms with van der Waals surface area (Å²) in [6.07, 6.45) is 2.27. The van der Waals surface area contributed by atoms with Gasteiger partial charge in [-0.1, -0.05) is 23.1 Å². The van der Waals surface area contributed by atoms with Crippen LogP contribution in [0.2, 0.25) is 0 Å². The summed E-state index contributed by atoms with van der Waals surface area (Å²) in [7, 11) is -2.15. The maximum Gasteiger partial charge on any atom is 0.265 e. The van der Waals surface area contributed by atoms with E-state index in [0.29, 0.717) is 23.0 Å². The fourth-order valence-electron chi connectivity index (χ4n) is 4.45. The van der Waals surface area contributed by atoms with Crippen molar-refractivity contribution in [2.75, 3.05) is 51.4 Å². The monoisotopic (exact) mass is 647 g/mol. The smallest absolute Gasteiger partial charge is 0.265 e. The zero-order valence-corrected chi connectivity index (χ0v) is 26.1. The number of fused-ring (bicyclic) bond motifs is 2. The Balaban J connectivity index is 1.83. The van der Waals surface area contributed by atoms with Gasteiger partial charge in [-0.25, -0.2) is 0 Å². The van der Waals surface area contributed by atoms with Crippen molar-refractivity contribution >= 4 is 65.3 Å². The Hall–Kier alpha value is -2.76. The number of hydrogen-bond donors (Lipinski definition) is 2. The number of thioether (sulfide) groups is 1. The lowest BCUT2D eigenvalue weighted by Gasteiger charge is -2.20. The Morgan fingerprint density at radius 1 is 0.829 bits per heavy atom. The zero-order valence-electron chi connectivity index (χ0n) is 22.8. The molecule has 12 nitrogen and oxygen atoms in total. The Bertz CT molecular complexity index is 1680. The van der Waals surface area contributed by atoms with Crippen LogP contribution < -0.4 is 28.4 Å². The Morgan fingerprint density at radius 3 is 2.00 bits per heavy atom. The van der Waals surface area contributed by atoms with Gasteiger partial charge >= 0.3 is 0 Å². The van der Waals surface area contributed by atoms with Crippen LogP contribution in [0.5, 0.6) is 23.0 Å². The first kappa shape index (κ1) is 31.2. The van der Waals surface area contributed by atoms with Gasteiger partial charge in [0.05, 0.1) is 62.8 Å². The molecule has 2 N–H and O–H groups in total. The summed E-state index contributed by atoms with van der Waals surface area (Å²) < 4.78 is 89.0. The van der Waals surface area contributed by atoms with Gasteiger partial charge in [0.1, 0.15) is 4.70 Å². The topological polar surface area (TPSA) is 153 Å². The molecule has 2 heterocycles. The number of aryl methyl sites for hydroxylation is 1. The van der Waals surface area contributed by atoms with Gasteiger partial charge in [-0.3, -0.25) is 9.11 Å². The van der Waals surface area contributed by atoms with Crippen LogP contribution in [0.1, 0.15) is 17.8 Å². The van der Waals surface area contributed by atoms with Gasteiger partial charge in [-0.2, -0.15) is 21.4 Å². The molecular formula is C25H31N2O10S4+. The van der Waals surface area contributed by atoms with Crippen molar-refractivity contribution in [1.29, 1.82) is 0 Å². The molecule has 2 aromatic carbocycles. The molecule has 1 aromatic heterocycles. The summed E-state index contributed by atoms with van der Waals surface area (Å²) in [5.41, 5.74) is 1.58. The van der Waals surface area contributed by atoms with Crippen LogP contribution in [0.25, 0.3) is 16.3 Å². The van der Waals surface area contributed by atoms with Gasteiger partial charge < -0.3 is 23.8 Å². The number of ether oxygens (including phenoxy) is 4. The highest BCUT2D eigenvalue weighted by Crippen LogP contribution is 2.51. The summed E-state index contributed by atoms with van der Waals surface area (Å²) in [4.78, 5) is 2.81. The van der Waals surface area contributed by atoms with Crippen molar-refractivity contribution in [3.8, 4) is 23.0 Å². The van der Waals surface area contributed by atoms with Crippen molar-refractivity contribution < 1.29 is 49.5 Å². The van der Waals surface area contributed by atoms with E-state index in [9.17, 15) is 25.9 Å². The van der Waals surface area contributed by atoms with Gasteiger partial charge in [-0.15, -0.1) is 0 Å². The van der Waals surface area contributed by atoms with E-state index in [0.717, 1.165) is 30.8 Å². The first-order chi connectivity index (χ1) is 19.4. The van der Waals surface area contributed by atoms with E-state index in [4.69, 9.17) is 18.9 Å². The third-order valence-electron chi connectivity index (χ3n) is 6.29. The number of benzene rings is 2. The second-order valence-corrected chi connectivity index (χ2v) is 14.2. The first-order valence-corrected chi connectivity index (χ1v) is 17.1. The lowest BCUT2D eigenvalue weighted by molar-refractivity contribution is -0.668. The summed E-state index contributed by atoms with van der Waals surface area (Å²) in [6.45, 7) is 0.576. The molecule has 0 spiro atoms. The highest BCUT2D eigenvalue weighted by atomic mass is 32.2. The van der Waals surface area contributed by atoms with Crippen LogP contribution in [0, 0.1) is 0 Å². The largest absolute Gasteiger partial charge is 0.493 e. The normalized spacial score (nSPS) is 14.5. The van der Waals surface area contributed by atoms with Crippen molar-refractivity contribution in [1.82, 2.24) is 0 Å². The van der Waals surface area contributed by atoms with Crippen molar-refractivity contribution in [3.63, 3.8) is 0 Å². The number of methoxy groups -OCH3 is 4. The number of thiazole rings is 1. The van der Waals surface area contributed by atoms with Crippen LogP contribution in [0.4, 0.5) is 5.69 Å². The fourth-order valence-corrected chi connectivity index (χ4v) is 7.78. The minimum absolute atomic E-state index is 0.166. The van der Waals surface area contributed by atoms with Crippen LogP contribution in [0.15, 0.2) is 34.2 Å². The molecule has 0 saturated carbocycles. The second kappa shape index (κ2) is 12.6. The summed E-state index contributed by atoms with van der Waals surface area (Å²) in [6, 6.07) is 7.32. The molecule has 0 aliphatic carbocycles. The second-order valence-electron chi connectivity index (χ2n) is 8.96. The van der Waals surface area contributed by atoms with Crippen LogP contribution in [-0.2, 0) is 26.8 Å². The molecule has 1 aliphatic heterocycles. The molecule has 0 fully saturated rings. The van der Waals surface area contributed by atoms with Crippen molar-refractivity contribution in [2.24, 2.45) is 0 Å². The van der Waals surface area contributed by atoms with E-state index in [-0.39, 0.29) is 25.9 Å². The Kier molecular flexibility index (Phi) is 9.60. The zero-order chi connectivity index (χ0) is 29.9. The molecule has 3 aromatic rings. The molecule has 0 saturated heterocycles. The van der Waals surface area contributed by atoms with Gasteiger partial charge in [0.15, 0.2) is 29.5 Å². The lowest BCUT2D eigenvalue weighted by atomic mass is 10.2. The molecule has 16 heteroatoms. The van der Waals surface area contributed by atoms with E-state index in [1.807, 2.05) is 39.8 Å². The van der Waals surface area contributed by atoms with Crippen molar-refractivity contribution in [3.05, 3.63) is 34.3 Å². The van der Waals surface area contributed by atoms with Crippen molar-refractivity contribution in [2.45, 2.75) is 24.3 Å². The summed E-state index contributed by atoms with van der Waals surface area (Å²) in [5, 5.41) is 1.55. The van der Waals surface area contributed by atoms with E-state index in [2.05, 4.69) is 0 Å². The molecule has 0 bridgehead atoms. The average molecular weight is 648 g/mol. The third-order valence-corrected chi connectivity index (χ3v) is 10.1. The predicted octanol–water partition coefficient (Wildman–Crippen LogP) is 3.69. The van der Waals surface area contributed by atoms with E-state index in [1.165, 1.54) is 37.3 Å². The molecule has 4 rings (SSSR count). The number of rotatable bonds is 13. The maximum absolute atomic E-state index is 11.4. The quantitative estimate of drug-likeness (QED) is 0.206. The van der Waals surface area contributed by atoms with E-state index >= 15 is 0 Å². The summed E-state index contributed by atoms with van der Waals surface area (Å²) >= 11 is 2.91. The lowest BCUT2D eigenvalue weighted by Crippen LogP contribution is -2.36. The molecule has 0 atom stereocenters.